The molecule has 116 valence electrons. The van der Waals surface area contributed by atoms with Crippen molar-refractivity contribution in [1.29, 1.82) is 0 Å². The first-order valence-electron chi connectivity index (χ1n) is 6.31. The van der Waals surface area contributed by atoms with Crippen molar-refractivity contribution in [2.45, 2.75) is 30.4 Å². The van der Waals surface area contributed by atoms with Gasteiger partial charge in [-0.2, -0.15) is 4.31 Å². The van der Waals surface area contributed by atoms with Crippen LogP contribution in [0, 0.1) is 6.92 Å². The van der Waals surface area contributed by atoms with Crippen LogP contribution in [-0.4, -0.2) is 49.6 Å². The molecule has 1 heterocycles. The number of sulfonamides is 1. The van der Waals surface area contributed by atoms with Gasteiger partial charge in [-0.1, -0.05) is 17.7 Å². The molecule has 0 saturated carbocycles. The molecule has 0 aliphatic carbocycles. The Labute approximate surface area is 128 Å². The van der Waals surface area contributed by atoms with Gasteiger partial charge in [-0.05, 0) is 24.6 Å². The number of methoxy groups -OCH3 is 1. The summed E-state index contributed by atoms with van der Waals surface area (Å²) in [6.45, 7) is 1.50. The summed E-state index contributed by atoms with van der Waals surface area (Å²) in [5, 5.41) is 9.99. The first kappa shape index (κ1) is 16.2. The number of esters is 1. The Balaban J connectivity index is 2.47. The molecule has 2 atom stereocenters. The molecular formula is C13H16ClNO5S. The number of nitrogens with zero attached hydrogens (tertiary/aromatic N) is 1. The smallest absolute Gasteiger partial charge is 0.324 e. The lowest BCUT2D eigenvalue weighted by atomic mass is 10.2. The van der Waals surface area contributed by atoms with E-state index in [1.165, 1.54) is 13.2 Å². The van der Waals surface area contributed by atoms with Gasteiger partial charge in [0.1, 0.15) is 6.04 Å². The number of halogens is 1. The maximum absolute atomic E-state index is 12.7. The fraction of sp³-hybridized carbons (Fsp3) is 0.462. The highest BCUT2D eigenvalue weighted by Gasteiger charge is 2.44. The first-order chi connectivity index (χ1) is 9.77. The average Bonchev–Trinajstić information content (AvgIpc) is 2.83. The molecule has 0 aromatic heterocycles. The molecule has 1 aromatic rings. The predicted octanol–water partition coefficient (Wildman–Crippen LogP) is 0.945. The molecule has 1 fully saturated rings. The van der Waals surface area contributed by atoms with E-state index in [2.05, 4.69) is 4.74 Å². The van der Waals surface area contributed by atoms with Gasteiger partial charge < -0.3 is 9.84 Å². The van der Waals surface area contributed by atoms with Crippen LogP contribution in [0.3, 0.4) is 0 Å². The highest BCUT2D eigenvalue weighted by molar-refractivity contribution is 7.89. The second kappa shape index (κ2) is 5.92. The fourth-order valence-electron chi connectivity index (χ4n) is 2.38. The van der Waals surface area contributed by atoms with Gasteiger partial charge in [0.25, 0.3) is 0 Å². The van der Waals surface area contributed by atoms with Gasteiger partial charge in [-0.15, -0.1) is 0 Å². The minimum atomic E-state index is -3.94. The molecule has 2 unspecified atom stereocenters. The molecular weight excluding hydrogens is 318 g/mol. The van der Waals surface area contributed by atoms with E-state index in [0.29, 0.717) is 5.56 Å². The Kier molecular flexibility index (Phi) is 4.57. The van der Waals surface area contributed by atoms with Gasteiger partial charge in [0, 0.05) is 18.0 Å². The van der Waals surface area contributed by atoms with Crippen LogP contribution in [0.1, 0.15) is 12.0 Å². The number of rotatable bonds is 3. The number of benzene rings is 1. The van der Waals surface area contributed by atoms with E-state index in [4.69, 9.17) is 11.6 Å². The quantitative estimate of drug-likeness (QED) is 0.832. The third-order valence-corrected chi connectivity index (χ3v) is 5.70. The van der Waals surface area contributed by atoms with Crippen molar-refractivity contribution in [3.63, 3.8) is 0 Å². The molecule has 0 amide bonds. The molecule has 2 rings (SSSR count). The molecule has 0 spiro atoms. The van der Waals surface area contributed by atoms with Gasteiger partial charge >= 0.3 is 5.97 Å². The van der Waals surface area contributed by atoms with Gasteiger partial charge in [0.05, 0.1) is 18.1 Å². The van der Waals surface area contributed by atoms with Crippen LogP contribution >= 0.6 is 11.6 Å². The van der Waals surface area contributed by atoms with Crippen molar-refractivity contribution < 1.29 is 23.1 Å². The number of ether oxygens (including phenoxy) is 1. The molecule has 1 N–H and O–H groups in total. The SMILES string of the molecule is COC(=O)C1CC(O)CN1S(=O)(=O)c1cc(Cl)ccc1C. The van der Waals surface area contributed by atoms with Crippen molar-refractivity contribution in [3.8, 4) is 0 Å². The molecule has 1 saturated heterocycles. The highest BCUT2D eigenvalue weighted by atomic mass is 35.5. The number of β-amino-alcohol motifs (C(OH)–C–C–N with tert-alkyl or cyclic N) is 1. The number of carbonyl (C=O) groups excluding carboxylic acids is 1. The van der Waals surface area contributed by atoms with Crippen LogP contribution in [-0.2, 0) is 19.6 Å². The lowest BCUT2D eigenvalue weighted by molar-refractivity contribution is -0.144. The number of aliphatic hydroxyl groups is 1. The second-order valence-electron chi connectivity index (χ2n) is 4.91. The van der Waals surface area contributed by atoms with Gasteiger partial charge in [0.2, 0.25) is 10.0 Å². The summed E-state index contributed by atoms with van der Waals surface area (Å²) >= 11 is 5.86. The van der Waals surface area contributed by atoms with Crippen molar-refractivity contribution in [2.75, 3.05) is 13.7 Å². The van der Waals surface area contributed by atoms with E-state index in [9.17, 15) is 18.3 Å². The van der Waals surface area contributed by atoms with Crippen molar-refractivity contribution in [2.24, 2.45) is 0 Å². The summed E-state index contributed by atoms with van der Waals surface area (Å²) in [6.07, 6.45) is -0.880. The summed E-state index contributed by atoms with van der Waals surface area (Å²) < 4.78 is 31.1. The largest absolute Gasteiger partial charge is 0.468 e. The van der Waals surface area contributed by atoms with E-state index in [-0.39, 0.29) is 22.9 Å². The molecule has 0 bridgehead atoms. The summed E-state index contributed by atoms with van der Waals surface area (Å²) in [5.74, 6) is -0.685. The van der Waals surface area contributed by atoms with Crippen molar-refractivity contribution in [1.82, 2.24) is 4.31 Å². The third kappa shape index (κ3) is 3.06. The molecule has 21 heavy (non-hydrogen) atoms. The minimum Gasteiger partial charge on any atom is -0.468 e. The Morgan fingerprint density at radius 1 is 1.48 bits per heavy atom. The molecule has 8 heteroatoms. The molecule has 1 aliphatic heterocycles. The highest BCUT2D eigenvalue weighted by Crippen LogP contribution is 2.30. The minimum absolute atomic E-state index is 0.0194. The third-order valence-electron chi connectivity index (χ3n) is 3.44. The number of aliphatic hydroxyl groups excluding tert-OH is 1. The summed E-state index contributed by atoms with van der Waals surface area (Å²) in [4.78, 5) is 11.8. The van der Waals surface area contributed by atoms with E-state index in [0.717, 1.165) is 4.31 Å². The normalized spacial score (nSPS) is 23.2. The summed E-state index contributed by atoms with van der Waals surface area (Å²) in [6, 6.07) is 3.50. The molecule has 1 aliphatic rings. The Morgan fingerprint density at radius 2 is 2.14 bits per heavy atom. The standard InChI is InChI=1S/C13H16ClNO5S/c1-8-3-4-9(14)5-12(8)21(18,19)15-7-10(16)6-11(15)13(17)20-2/h3-5,10-11,16H,6-7H2,1-2H3. The van der Waals surface area contributed by atoms with E-state index >= 15 is 0 Å². The maximum Gasteiger partial charge on any atom is 0.324 e. The summed E-state index contributed by atoms with van der Waals surface area (Å²) in [5.41, 5.74) is 0.518. The Hall–Kier alpha value is -1.15. The van der Waals surface area contributed by atoms with Crippen LogP contribution in [0.5, 0.6) is 0 Å². The number of aryl methyl sites for hydroxylation is 1. The summed E-state index contributed by atoms with van der Waals surface area (Å²) in [7, 11) is -2.76. The zero-order valence-corrected chi connectivity index (χ0v) is 13.2. The number of carbonyl (C=O) groups is 1. The zero-order valence-electron chi connectivity index (χ0n) is 11.6. The first-order valence-corrected chi connectivity index (χ1v) is 8.13. The molecule has 1 aromatic carbocycles. The average molecular weight is 334 g/mol. The second-order valence-corrected chi connectivity index (χ2v) is 7.21. The predicted molar refractivity (Wildman–Crippen MR) is 76.5 cm³/mol. The van der Waals surface area contributed by atoms with Gasteiger partial charge in [-0.25, -0.2) is 8.42 Å². The fourth-order valence-corrected chi connectivity index (χ4v) is 4.49. The Bertz CT molecular complexity index is 661. The van der Waals surface area contributed by atoms with Crippen molar-refractivity contribution in [3.05, 3.63) is 28.8 Å². The van der Waals surface area contributed by atoms with E-state index < -0.39 is 28.1 Å². The van der Waals surface area contributed by atoms with Crippen LogP contribution in [0.4, 0.5) is 0 Å². The van der Waals surface area contributed by atoms with Gasteiger partial charge in [0.15, 0.2) is 0 Å². The van der Waals surface area contributed by atoms with Crippen LogP contribution in [0.25, 0.3) is 0 Å². The van der Waals surface area contributed by atoms with E-state index in [1.54, 1.807) is 19.1 Å². The van der Waals surface area contributed by atoms with E-state index in [1.807, 2.05) is 0 Å². The van der Waals surface area contributed by atoms with Crippen molar-refractivity contribution >= 4 is 27.6 Å². The number of hydrogen-bond acceptors (Lipinski definition) is 5. The zero-order chi connectivity index (χ0) is 15.8. The van der Waals surface area contributed by atoms with Crippen LogP contribution in [0.2, 0.25) is 5.02 Å². The van der Waals surface area contributed by atoms with Gasteiger partial charge in [-0.3, -0.25) is 4.79 Å². The van der Waals surface area contributed by atoms with Crippen LogP contribution in [0.15, 0.2) is 23.1 Å². The molecule has 6 nitrogen and oxygen atoms in total. The number of hydrogen-bond donors (Lipinski definition) is 1. The monoisotopic (exact) mass is 333 g/mol. The van der Waals surface area contributed by atoms with Crippen LogP contribution < -0.4 is 0 Å². The lowest BCUT2D eigenvalue weighted by Crippen LogP contribution is -2.41. The topological polar surface area (TPSA) is 83.9 Å². The Morgan fingerprint density at radius 3 is 2.76 bits per heavy atom. The molecule has 0 radical (unpaired) electrons. The lowest BCUT2D eigenvalue weighted by Gasteiger charge is -2.22. The maximum atomic E-state index is 12.7.